The summed E-state index contributed by atoms with van der Waals surface area (Å²) in [5.41, 5.74) is -1.97. The second-order valence-electron chi connectivity index (χ2n) is 11.0. The van der Waals surface area contributed by atoms with Gasteiger partial charge in [0.1, 0.15) is 0 Å². The van der Waals surface area contributed by atoms with E-state index in [1.165, 1.54) is 19.2 Å². The van der Waals surface area contributed by atoms with Crippen LogP contribution in [0.2, 0.25) is 0 Å². The maximum atomic E-state index is 14.3. The lowest BCUT2D eigenvalue weighted by molar-refractivity contribution is -0.287. The number of piperidine rings is 1. The number of aromatic nitrogens is 3. The molecule has 3 aliphatic rings. The first kappa shape index (κ1) is 28.3. The molecular weight excluding hydrogens is 534 g/mol. The summed E-state index contributed by atoms with van der Waals surface area (Å²) in [4.78, 5) is 32.1. The Morgan fingerprint density at radius 3 is 2.52 bits per heavy atom. The van der Waals surface area contributed by atoms with Gasteiger partial charge in [-0.25, -0.2) is 9.37 Å². The minimum Gasteiger partial charge on any atom is -0.481 e. The number of rotatable bonds is 7. The van der Waals surface area contributed by atoms with Crippen molar-refractivity contribution >= 4 is 11.8 Å². The van der Waals surface area contributed by atoms with Crippen molar-refractivity contribution in [3.8, 4) is 17.1 Å². The Kier molecular flexibility index (Phi) is 7.53. The SMILES string of the molecule is CCOC1(C(F)(F)F)CCC(NC(=O)[C@@H]2CCN(C(=O)c3cc(-c4cc(OC)ncc4F)[nH]n3)C3(CC3)C2)CC1. The van der Waals surface area contributed by atoms with Crippen LogP contribution in [0.25, 0.3) is 11.3 Å². The molecule has 2 aliphatic carbocycles. The topological polar surface area (TPSA) is 109 Å². The van der Waals surface area contributed by atoms with E-state index in [4.69, 9.17) is 9.47 Å². The minimum atomic E-state index is -4.45. The molecule has 2 N–H and O–H groups in total. The molecule has 2 saturated carbocycles. The number of nitrogens with one attached hydrogen (secondary N) is 2. The summed E-state index contributed by atoms with van der Waals surface area (Å²) in [6.45, 7) is 1.88. The number of carbonyl (C=O) groups is 2. The lowest BCUT2D eigenvalue weighted by Crippen LogP contribution is -2.55. The molecule has 1 atom stereocenters. The average molecular weight is 568 g/mol. The van der Waals surface area contributed by atoms with Gasteiger partial charge in [-0.2, -0.15) is 18.3 Å². The van der Waals surface area contributed by atoms with Gasteiger partial charge < -0.3 is 19.7 Å². The van der Waals surface area contributed by atoms with Crippen LogP contribution < -0.4 is 10.1 Å². The van der Waals surface area contributed by atoms with Gasteiger partial charge in [0.2, 0.25) is 11.8 Å². The number of pyridine rings is 1. The second kappa shape index (κ2) is 10.6. The monoisotopic (exact) mass is 567 g/mol. The summed E-state index contributed by atoms with van der Waals surface area (Å²) in [5.74, 6) is -1.18. The third-order valence-electron chi connectivity index (χ3n) is 8.55. The fourth-order valence-electron chi connectivity index (χ4n) is 6.13. The number of hydrogen-bond acceptors (Lipinski definition) is 6. The Morgan fingerprint density at radius 2 is 1.90 bits per heavy atom. The van der Waals surface area contributed by atoms with Gasteiger partial charge in [0, 0.05) is 42.3 Å². The van der Waals surface area contributed by atoms with Gasteiger partial charge in [-0.15, -0.1) is 0 Å². The number of hydrogen-bond donors (Lipinski definition) is 2. The first-order valence-corrected chi connectivity index (χ1v) is 13.6. The second-order valence-corrected chi connectivity index (χ2v) is 11.0. The molecule has 0 bridgehead atoms. The van der Waals surface area contributed by atoms with Gasteiger partial charge in [0.15, 0.2) is 17.1 Å². The van der Waals surface area contributed by atoms with E-state index in [9.17, 15) is 27.2 Å². The van der Waals surface area contributed by atoms with Gasteiger partial charge in [-0.1, -0.05) is 0 Å². The summed E-state index contributed by atoms with van der Waals surface area (Å²) >= 11 is 0. The van der Waals surface area contributed by atoms with Crippen LogP contribution in [0.4, 0.5) is 17.6 Å². The molecule has 2 aromatic rings. The van der Waals surface area contributed by atoms with Crippen molar-refractivity contribution in [2.24, 2.45) is 5.92 Å². The van der Waals surface area contributed by atoms with E-state index in [2.05, 4.69) is 20.5 Å². The number of ether oxygens (including phenoxy) is 2. The number of nitrogens with zero attached hydrogens (tertiary/aromatic N) is 3. The van der Waals surface area contributed by atoms with Gasteiger partial charge in [0.25, 0.3) is 5.91 Å². The summed E-state index contributed by atoms with van der Waals surface area (Å²) in [5, 5.41) is 9.79. The number of methoxy groups -OCH3 is 1. The van der Waals surface area contributed by atoms with E-state index in [0.29, 0.717) is 25.1 Å². The number of aromatic amines is 1. The Balaban J connectivity index is 1.20. The molecule has 3 heterocycles. The van der Waals surface area contributed by atoms with E-state index in [1.54, 1.807) is 11.8 Å². The van der Waals surface area contributed by atoms with Crippen LogP contribution >= 0.6 is 0 Å². The lowest BCUT2D eigenvalue weighted by Gasteiger charge is -2.42. The molecule has 1 saturated heterocycles. The fraction of sp³-hybridized carbons (Fsp3) is 0.630. The minimum absolute atomic E-state index is 0.0229. The number of likely N-dealkylation sites (tertiary alicyclic amines) is 1. The number of amides is 2. The Bertz CT molecular complexity index is 1250. The molecule has 2 aromatic heterocycles. The first-order valence-electron chi connectivity index (χ1n) is 13.6. The number of carbonyl (C=O) groups excluding carboxylic acids is 2. The van der Waals surface area contributed by atoms with Gasteiger partial charge in [0.05, 0.1) is 19.0 Å². The fourth-order valence-corrected chi connectivity index (χ4v) is 6.13. The van der Waals surface area contributed by atoms with Crippen LogP contribution in [0.1, 0.15) is 68.8 Å². The third kappa shape index (κ3) is 5.27. The highest BCUT2D eigenvalue weighted by Gasteiger charge is 2.57. The predicted molar refractivity (Wildman–Crippen MR) is 135 cm³/mol. The first-order chi connectivity index (χ1) is 19.0. The van der Waals surface area contributed by atoms with E-state index in [0.717, 1.165) is 19.0 Å². The Hall–Kier alpha value is -3.22. The van der Waals surface area contributed by atoms with E-state index >= 15 is 0 Å². The molecule has 0 aromatic carbocycles. The van der Waals surface area contributed by atoms with Gasteiger partial charge >= 0.3 is 6.18 Å². The van der Waals surface area contributed by atoms with Crippen molar-refractivity contribution in [1.82, 2.24) is 25.4 Å². The quantitative estimate of drug-likeness (QED) is 0.480. The molecule has 0 unspecified atom stereocenters. The highest BCUT2D eigenvalue weighted by atomic mass is 19.4. The highest BCUT2D eigenvalue weighted by Crippen LogP contribution is 2.51. The van der Waals surface area contributed by atoms with Crippen molar-refractivity contribution in [3.63, 3.8) is 0 Å². The summed E-state index contributed by atoms with van der Waals surface area (Å²) in [6, 6.07) is 2.56. The molecule has 3 fully saturated rings. The molecule has 40 heavy (non-hydrogen) atoms. The molecule has 13 heteroatoms. The maximum absolute atomic E-state index is 14.3. The van der Waals surface area contributed by atoms with Crippen molar-refractivity contribution in [2.45, 2.75) is 81.6 Å². The van der Waals surface area contributed by atoms with E-state index < -0.39 is 23.1 Å². The van der Waals surface area contributed by atoms with Gasteiger partial charge in [-0.05, 0) is 64.4 Å². The predicted octanol–water partition coefficient (Wildman–Crippen LogP) is 4.40. The molecule has 5 rings (SSSR count). The van der Waals surface area contributed by atoms with Crippen LogP contribution in [0.3, 0.4) is 0 Å². The van der Waals surface area contributed by atoms with E-state index in [-0.39, 0.29) is 73.2 Å². The zero-order valence-corrected chi connectivity index (χ0v) is 22.4. The largest absolute Gasteiger partial charge is 0.481 e. The van der Waals surface area contributed by atoms with Crippen molar-refractivity contribution < 1.29 is 36.6 Å². The number of halogens is 4. The van der Waals surface area contributed by atoms with Crippen molar-refractivity contribution in [1.29, 1.82) is 0 Å². The van der Waals surface area contributed by atoms with Crippen molar-refractivity contribution in [3.05, 3.63) is 29.8 Å². The molecule has 9 nitrogen and oxygen atoms in total. The van der Waals surface area contributed by atoms with Crippen LogP contribution in [0.5, 0.6) is 5.88 Å². The maximum Gasteiger partial charge on any atom is 0.417 e. The summed E-state index contributed by atoms with van der Waals surface area (Å²) in [6.07, 6.45) is -0.986. The third-order valence-corrected chi connectivity index (χ3v) is 8.55. The standard InChI is InChI=1S/C27H33F4N5O4/c1-3-40-26(27(29,30)31)7-4-17(5-8-26)33-23(37)16-6-11-36(25(14-16)9-10-25)24(38)21-13-20(34-35-21)18-12-22(39-2)32-15-19(18)28/h12-13,15-17H,3-11,14H2,1-2H3,(H,33,37)(H,34,35)/t16-,17?,26?/m1/s1. The normalized spacial score (nSPS) is 26.0. The smallest absolute Gasteiger partial charge is 0.417 e. The number of alkyl halides is 3. The lowest BCUT2D eigenvalue weighted by atomic mass is 9.80. The summed E-state index contributed by atoms with van der Waals surface area (Å²) in [7, 11) is 1.42. The van der Waals surface area contributed by atoms with E-state index in [1.807, 2.05) is 0 Å². The zero-order valence-electron chi connectivity index (χ0n) is 22.4. The number of H-pyrrole nitrogens is 1. The summed E-state index contributed by atoms with van der Waals surface area (Å²) < 4.78 is 65.5. The average Bonchev–Trinajstić information content (AvgIpc) is 3.50. The highest BCUT2D eigenvalue weighted by molar-refractivity contribution is 5.94. The van der Waals surface area contributed by atoms with Crippen molar-refractivity contribution in [2.75, 3.05) is 20.3 Å². The molecule has 2 amide bonds. The molecule has 218 valence electrons. The van der Waals surface area contributed by atoms with Gasteiger partial charge in [-0.3, -0.25) is 14.7 Å². The Morgan fingerprint density at radius 1 is 1.18 bits per heavy atom. The molecule has 1 spiro atoms. The van der Waals surface area contributed by atoms with Crippen LogP contribution in [-0.2, 0) is 9.53 Å². The molecular formula is C27H33F4N5O4. The zero-order chi connectivity index (χ0) is 28.7. The van der Waals surface area contributed by atoms with Crippen LogP contribution in [-0.4, -0.2) is 75.5 Å². The molecule has 0 radical (unpaired) electrons. The van der Waals surface area contributed by atoms with Crippen LogP contribution in [0.15, 0.2) is 18.3 Å². The van der Waals surface area contributed by atoms with Crippen LogP contribution in [0, 0.1) is 11.7 Å². The Labute approximate surface area is 229 Å². The molecule has 1 aliphatic heterocycles.